The van der Waals surface area contributed by atoms with Crippen LogP contribution in [0.25, 0.3) is 10.9 Å². The Morgan fingerprint density at radius 2 is 1.51 bits per heavy atom. The van der Waals surface area contributed by atoms with Crippen molar-refractivity contribution in [3.63, 3.8) is 0 Å². The zero-order chi connectivity index (χ0) is 28.4. The van der Waals surface area contributed by atoms with Gasteiger partial charge in [0.15, 0.2) is 0 Å². The largest absolute Gasteiger partial charge is 0.341 e. The zero-order valence-electron chi connectivity index (χ0n) is 21.7. The van der Waals surface area contributed by atoms with Gasteiger partial charge < -0.3 is 15.5 Å². The number of likely N-dealkylation sites (tertiary alicyclic amines) is 1. The Bertz CT molecular complexity index is 1650. The highest BCUT2D eigenvalue weighted by Crippen LogP contribution is 2.28. The molecule has 1 fully saturated rings. The van der Waals surface area contributed by atoms with E-state index in [1.54, 1.807) is 26.0 Å². The summed E-state index contributed by atoms with van der Waals surface area (Å²) in [6.45, 7) is 5.53. The number of anilines is 2. The summed E-state index contributed by atoms with van der Waals surface area (Å²) in [5.74, 6) is -2.96. The standard InChI is InChI=1S/C27H27ClN6O5/c1-4-33-23-9-8-17(10-19(23)26(38)34(5-2)27(33)39)30-24(36)20-13-32(15(3)35)14-21(20)25(37)31-18-7-6-16(12-29)22(28)11-18/h6-11,20-21H,4-5,13-14H2,1-3H3,(H,30,36)(H,31,37)/t20-,21-/m0/s1. The Morgan fingerprint density at radius 3 is 2.03 bits per heavy atom. The minimum absolute atomic E-state index is 0.0407. The lowest BCUT2D eigenvalue weighted by Crippen LogP contribution is -2.39. The number of nitrogens with one attached hydrogen (secondary N) is 2. The van der Waals surface area contributed by atoms with Crippen LogP contribution in [0.3, 0.4) is 0 Å². The molecular weight excluding hydrogens is 524 g/mol. The van der Waals surface area contributed by atoms with E-state index in [0.717, 1.165) is 4.57 Å². The predicted molar refractivity (Wildman–Crippen MR) is 146 cm³/mol. The molecule has 0 saturated carbocycles. The molecule has 1 aliphatic heterocycles. The van der Waals surface area contributed by atoms with E-state index in [2.05, 4.69) is 10.6 Å². The SMILES string of the molecule is CCn1c(=O)c2cc(NC(=O)[C@H]3CN(C(C)=O)C[C@@H]3C(=O)Nc3ccc(C#N)c(Cl)c3)ccc2n(CC)c1=O. The quantitative estimate of drug-likeness (QED) is 0.482. The molecule has 0 unspecified atom stereocenters. The number of aromatic nitrogens is 2. The minimum Gasteiger partial charge on any atom is -0.341 e. The van der Waals surface area contributed by atoms with Gasteiger partial charge in [0.25, 0.3) is 5.56 Å². The Labute approximate surface area is 228 Å². The van der Waals surface area contributed by atoms with E-state index in [1.165, 1.54) is 40.7 Å². The monoisotopic (exact) mass is 550 g/mol. The lowest BCUT2D eigenvalue weighted by Gasteiger charge is -2.18. The summed E-state index contributed by atoms with van der Waals surface area (Å²) in [7, 11) is 0. The summed E-state index contributed by atoms with van der Waals surface area (Å²) in [5, 5.41) is 15.0. The molecule has 0 spiro atoms. The van der Waals surface area contributed by atoms with Gasteiger partial charge in [-0.3, -0.25) is 28.3 Å². The number of aryl methyl sites for hydroxylation is 1. The number of fused-ring (bicyclic) bond motifs is 1. The van der Waals surface area contributed by atoms with E-state index >= 15 is 0 Å². The summed E-state index contributed by atoms with van der Waals surface area (Å²) in [6, 6.07) is 11.1. The van der Waals surface area contributed by atoms with Gasteiger partial charge in [0.05, 0.1) is 33.3 Å². The van der Waals surface area contributed by atoms with Gasteiger partial charge in [-0.05, 0) is 50.2 Å². The zero-order valence-corrected chi connectivity index (χ0v) is 22.4. The first-order valence-electron chi connectivity index (χ1n) is 12.4. The number of carbonyl (C=O) groups is 3. The Morgan fingerprint density at radius 1 is 0.949 bits per heavy atom. The molecule has 202 valence electrons. The number of hydrogen-bond acceptors (Lipinski definition) is 6. The van der Waals surface area contributed by atoms with Crippen molar-refractivity contribution in [2.45, 2.75) is 33.9 Å². The van der Waals surface area contributed by atoms with Crippen molar-refractivity contribution in [1.29, 1.82) is 5.26 Å². The van der Waals surface area contributed by atoms with Gasteiger partial charge in [-0.2, -0.15) is 5.26 Å². The molecule has 2 N–H and O–H groups in total. The van der Waals surface area contributed by atoms with E-state index in [9.17, 15) is 24.0 Å². The van der Waals surface area contributed by atoms with Crippen molar-refractivity contribution in [3.05, 3.63) is 67.8 Å². The van der Waals surface area contributed by atoms with Gasteiger partial charge in [-0.15, -0.1) is 0 Å². The third-order valence-corrected chi connectivity index (χ3v) is 7.23. The fourth-order valence-electron chi connectivity index (χ4n) is 4.83. The Balaban J connectivity index is 1.62. The number of amides is 3. The van der Waals surface area contributed by atoms with Crippen LogP contribution in [0.1, 0.15) is 26.3 Å². The number of rotatable bonds is 6. The van der Waals surface area contributed by atoms with Crippen LogP contribution in [0.15, 0.2) is 46.0 Å². The van der Waals surface area contributed by atoms with Gasteiger partial charge in [-0.25, -0.2) is 4.79 Å². The molecule has 1 aromatic heterocycles. The number of halogens is 1. The molecule has 1 aliphatic rings. The van der Waals surface area contributed by atoms with E-state index in [-0.39, 0.29) is 41.5 Å². The highest BCUT2D eigenvalue weighted by molar-refractivity contribution is 6.32. The first-order valence-corrected chi connectivity index (χ1v) is 12.8. The fourth-order valence-corrected chi connectivity index (χ4v) is 5.05. The van der Waals surface area contributed by atoms with Gasteiger partial charge >= 0.3 is 5.69 Å². The molecule has 1 saturated heterocycles. The molecule has 12 heteroatoms. The van der Waals surface area contributed by atoms with Crippen molar-refractivity contribution >= 4 is 51.6 Å². The van der Waals surface area contributed by atoms with Crippen LogP contribution in [0.2, 0.25) is 5.02 Å². The van der Waals surface area contributed by atoms with Crippen molar-refractivity contribution < 1.29 is 14.4 Å². The number of carbonyl (C=O) groups excluding carboxylic acids is 3. The summed E-state index contributed by atoms with van der Waals surface area (Å²) in [6.07, 6.45) is 0. The van der Waals surface area contributed by atoms with Crippen LogP contribution < -0.4 is 21.9 Å². The van der Waals surface area contributed by atoms with Crippen molar-refractivity contribution in [1.82, 2.24) is 14.0 Å². The first kappa shape index (κ1) is 27.6. The van der Waals surface area contributed by atoms with Crippen LogP contribution in [0.5, 0.6) is 0 Å². The Kier molecular flexibility index (Phi) is 7.88. The number of benzene rings is 2. The van der Waals surface area contributed by atoms with E-state index in [1.807, 2.05) is 6.07 Å². The second-order valence-electron chi connectivity index (χ2n) is 9.23. The van der Waals surface area contributed by atoms with Crippen LogP contribution >= 0.6 is 11.6 Å². The van der Waals surface area contributed by atoms with E-state index in [4.69, 9.17) is 16.9 Å². The van der Waals surface area contributed by atoms with Gasteiger partial charge in [0, 0.05) is 44.5 Å². The van der Waals surface area contributed by atoms with Gasteiger partial charge in [0.1, 0.15) is 6.07 Å². The molecule has 0 bridgehead atoms. The molecule has 11 nitrogen and oxygen atoms in total. The molecule has 0 radical (unpaired) electrons. The number of hydrogen-bond donors (Lipinski definition) is 2. The lowest BCUT2D eigenvalue weighted by atomic mass is 9.94. The minimum atomic E-state index is -0.865. The summed E-state index contributed by atoms with van der Waals surface area (Å²) >= 11 is 6.07. The highest BCUT2D eigenvalue weighted by Gasteiger charge is 2.43. The van der Waals surface area contributed by atoms with Crippen molar-refractivity contribution in [2.75, 3.05) is 23.7 Å². The van der Waals surface area contributed by atoms with Crippen LogP contribution in [-0.2, 0) is 27.5 Å². The maximum absolute atomic E-state index is 13.4. The molecule has 2 heterocycles. The molecule has 39 heavy (non-hydrogen) atoms. The normalized spacial score (nSPS) is 16.6. The average molecular weight is 551 g/mol. The molecule has 0 aliphatic carbocycles. The summed E-state index contributed by atoms with van der Waals surface area (Å²) in [5.41, 5.74) is 0.535. The van der Waals surface area contributed by atoms with Crippen molar-refractivity contribution in [3.8, 4) is 6.07 Å². The smallest absolute Gasteiger partial charge is 0.331 e. The molecule has 2 aromatic carbocycles. The van der Waals surface area contributed by atoms with E-state index in [0.29, 0.717) is 23.4 Å². The fraction of sp³-hybridized carbons (Fsp3) is 0.333. The number of nitriles is 1. The molecule has 4 rings (SSSR count). The third kappa shape index (κ3) is 5.28. The highest BCUT2D eigenvalue weighted by atomic mass is 35.5. The third-order valence-electron chi connectivity index (χ3n) is 6.92. The first-order chi connectivity index (χ1) is 18.6. The number of nitrogens with zero attached hydrogens (tertiary/aromatic N) is 4. The maximum Gasteiger partial charge on any atom is 0.331 e. The molecule has 2 atom stereocenters. The summed E-state index contributed by atoms with van der Waals surface area (Å²) < 4.78 is 2.62. The molecule has 3 amide bonds. The molecule has 3 aromatic rings. The van der Waals surface area contributed by atoms with Crippen LogP contribution in [0, 0.1) is 23.2 Å². The van der Waals surface area contributed by atoms with Crippen molar-refractivity contribution in [2.24, 2.45) is 11.8 Å². The van der Waals surface area contributed by atoms with Crippen LogP contribution in [0.4, 0.5) is 11.4 Å². The lowest BCUT2D eigenvalue weighted by molar-refractivity contribution is -0.128. The van der Waals surface area contributed by atoms with Gasteiger partial charge in [-0.1, -0.05) is 11.6 Å². The second-order valence-corrected chi connectivity index (χ2v) is 9.64. The summed E-state index contributed by atoms with van der Waals surface area (Å²) in [4.78, 5) is 65.7. The maximum atomic E-state index is 13.4. The van der Waals surface area contributed by atoms with E-state index < -0.39 is 34.9 Å². The Hall–Kier alpha value is -4.43. The molecular formula is C27H27ClN6O5. The predicted octanol–water partition coefficient (Wildman–Crippen LogP) is 2.40. The second kappa shape index (κ2) is 11.1. The van der Waals surface area contributed by atoms with Crippen LogP contribution in [-0.4, -0.2) is 44.8 Å². The average Bonchev–Trinajstić information content (AvgIpc) is 3.36. The topological polar surface area (TPSA) is 146 Å². The van der Waals surface area contributed by atoms with Gasteiger partial charge in [0.2, 0.25) is 17.7 Å².